The maximum absolute atomic E-state index is 5.97. The molecule has 0 unspecified atom stereocenters. The van der Waals surface area contributed by atoms with Gasteiger partial charge in [-0.2, -0.15) is 0 Å². The maximum Gasteiger partial charge on any atom is 0.486 e. The molecule has 0 bridgehead atoms. The summed E-state index contributed by atoms with van der Waals surface area (Å²) >= 11 is 0. The van der Waals surface area contributed by atoms with Gasteiger partial charge in [0.15, 0.2) is 0 Å². The van der Waals surface area contributed by atoms with Crippen LogP contribution in [0.3, 0.4) is 0 Å². The molecule has 102 valence electrons. The van der Waals surface area contributed by atoms with Gasteiger partial charge in [0.1, 0.15) is 0 Å². The van der Waals surface area contributed by atoms with Crippen molar-refractivity contribution in [2.45, 2.75) is 71.5 Å². The van der Waals surface area contributed by atoms with Gasteiger partial charge in [0, 0.05) is 0 Å². The molecular formula is C15H27BO2. The van der Waals surface area contributed by atoms with Crippen LogP contribution in [0.25, 0.3) is 0 Å². The molecule has 2 nitrogen and oxygen atoms in total. The fourth-order valence-corrected chi connectivity index (χ4v) is 2.69. The molecule has 1 aliphatic carbocycles. The van der Waals surface area contributed by atoms with Crippen molar-refractivity contribution in [3.63, 3.8) is 0 Å². The van der Waals surface area contributed by atoms with E-state index in [0.717, 1.165) is 11.8 Å². The largest absolute Gasteiger partial charge is 0.486 e. The van der Waals surface area contributed by atoms with E-state index < -0.39 is 0 Å². The van der Waals surface area contributed by atoms with Crippen LogP contribution >= 0.6 is 0 Å². The fourth-order valence-electron chi connectivity index (χ4n) is 2.69. The SMILES string of the molecule is CC1CCC(/C=C/B2OC(C)(C)C(C)(C)O2)CC1. The van der Waals surface area contributed by atoms with Crippen LogP contribution in [0.2, 0.25) is 0 Å². The molecule has 0 atom stereocenters. The highest BCUT2D eigenvalue weighted by molar-refractivity contribution is 6.51. The third-order valence-electron chi connectivity index (χ3n) is 4.87. The third-order valence-corrected chi connectivity index (χ3v) is 4.87. The zero-order valence-electron chi connectivity index (χ0n) is 12.5. The van der Waals surface area contributed by atoms with E-state index in [2.05, 4.69) is 46.7 Å². The molecule has 18 heavy (non-hydrogen) atoms. The predicted octanol–water partition coefficient (Wildman–Crippen LogP) is 4.00. The lowest BCUT2D eigenvalue weighted by Gasteiger charge is -2.32. The van der Waals surface area contributed by atoms with E-state index >= 15 is 0 Å². The molecule has 2 aliphatic rings. The first-order valence-corrected chi connectivity index (χ1v) is 7.34. The summed E-state index contributed by atoms with van der Waals surface area (Å²) in [5, 5.41) is 0. The maximum atomic E-state index is 5.97. The summed E-state index contributed by atoms with van der Waals surface area (Å²) < 4.78 is 11.9. The Kier molecular flexibility index (Phi) is 3.94. The van der Waals surface area contributed by atoms with Crippen molar-refractivity contribution in [1.29, 1.82) is 0 Å². The lowest BCUT2D eigenvalue weighted by atomic mass is 9.80. The van der Waals surface area contributed by atoms with E-state index in [9.17, 15) is 0 Å². The minimum Gasteiger partial charge on any atom is -0.400 e. The molecule has 0 aromatic heterocycles. The lowest BCUT2D eigenvalue weighted by molar-refractivity contribution is 0.00578. The van der Waals surface area contributed by atoms with Crippen molar-refractivity contribution < 1.29 is 9.31 Å². The summed E-state index contributed by atoms with van der Waals surface area (Å²) in [6, 6.07) is 0. The quantitative estimate of drug-likeness (QED) is 0.689. The summed E-state index contributed by atoms with van der Waals surface area (Å²) in [5.74, 6) is 3.75. The molecular weight excluding hydrogens is 223 g/mol. The van der Waals surface area contributed by atoms with Crippen LogP contribution in [-0.4, -0.2) is 18.3 Å². The molecule has 0 amide bonds. The fraction of sp³-hybridized carbons (Fsp3) is 0.867. The van der Waals surface area contributed by atoms with Crippen LogP contribution in [-0.2, 0) is 9.31 Å². The topological polar surface area (TPSA) is 18.5 Å². The van der Waals surface area contributed by atoms with E-state index in [1.807, 2.05) is 0 Å². The van der Waals surface area contributed by atoms with Crippen molar-refractivity contribution in [3.8, 4) is 0 Å². The molecule has 0 aromatic carbocycles. The van der Waals surface area contributed by atoms with Gasteiger partial charge in [-0.3, -0.25) is 0 Å². The first-order chi connectivity index (χ1) is 8.30. The van der Waals surface area contributed by atoms with Crippen molar-refractivity contribution >= 4 is 7.12 Å². The Morgan fingerprint density at radius 2 is 1.44 bits per heavy atom. The molecule has 0 aromatic rings. The Labute approximate surface area is 112 Å². The number of allylic oxidation sites excluding steroid dienone is 1. The molecule has 0 radical (unpaired) electrons. The number of rotatable bonds is 2. The van der Waals surface area contributed by atoms with Gasteiger partial charge in [-0.1, -0.05) is 31.8 Å². The van der Waals surface area contributed by atoms with Crippen LogP contribution in [0.4, 0.5) is 0 Å². The summed E-state index contributed by atoms with van der Waals surface area (Å²) in [6.07, 6.45) is 7.67. The normalized spacial score (nSPS) is 35.3. The highest BCUT2D eigenvalue weighted by Crippen LogP contribution is 2.37. The van der Waals surface area contributed by atoms with Crippen LogP contribution in [0, 0.1) is 11.8 Å². The molecule has 1 saturated heterocycles. The first kappa shape index (κ1) is 14.1. The third kappa shape index (κ3) is 3.00. The van der Waals surface area contributed by atoms with E-state index in [-0.39, 0.29) is 18.3 Å². The minimum absolute atomic E-state index is 0.172. The zero-order chi connectivity index (χ0) is 13.4. The molecule has 3 heteroatoms. The Hall–Kier alpha value is -0.275. The number of hydrogen-bond acceptors (Lipinski definition) is 2. The van der Waals surface area contributed by atoms with E-state index in [4.69, 9.17) is 9.31 Å². The van der Waals surface area contributed by atoms with Gasteiger partial charge >= 0.3 is 7.12 Å². The second-order valence-corrected chi connectivity index (χ2v) is 7.03. The van der Waals surface area contributed by atoms with Crippen molar-refractivity contribution in [1.82, 2.24) is 0 Å². The Morgan fingerprint density at radius 3 is 1.94 bits per heavy atom. The lowest BCUT2D eigenvalue weighted by Crippen LogP contribution is -2.41. The van der Waals surface area contributed by atoms with Crippen LogP contribution in [0.1, 0.15) is 60.3 Å². The molecule has 1 heterocycles. The summed E-state index contributed by atoms with van der Waals surface area (Å²) in [7, 11) is -0.172. The standard InChI is InChI=1S/C15H27BO2/c1-12-6-8-13(9-7-12)10-11-16-17-14(2,3)15(4,5)18-16/h10-13H,6-9H2,1-5H3/b11-10+. The van der Waals surface area contributed by atoms with Gasteiger partial charge < -0.3 is 9.31 Å². The average Bonchev–Trinajstić information content (AvgIpc) is 2.47. The van der Waals surface area contributed by atoms with Crippen molar-refractivity contribution in [2.75, 3.05) is 0 Å². The summed E-state index contributed by atoms with van der Waals surface area (Å²) in [4.78, 5) is 0. The molecule has 2 fully saturated rings. The van der Waals surface area contributed by atoms with Crippen LogP contribution in [0.5, 0.6) is 0 Å². The monoisotopic (exact) mass is 250 g/mol. The van der Waals surface area contributed by atoms with Gasteiger partial charge in [0.05, 0.1) is 11.2 Å². The van der Waals surface area contributed by atoms with Gasteiger partial charge in [0.2, 0.25) is 0 Å². The van der Waals surface area contributed by atoms with Gasteiger partial charge in [0.25, 0.3) is 0 Å². The van der Waals surface area contributed by atoms with E-state index in [1.54, 1.807) is 0 Å². The van der Waals surface area contributed by atoms with Gasteiger partial charge in [-0.15, -0.1) is 0 Å². The second-order valence-electron chi connectivity index (χ2n) is 7.03. The first-order valence-electron chi connectivity index (χ1n) is 7.34. The zero-order valence-corrected chi connectivity index (χ0v) is 12.5. The van der Waals surface area contributed by atoms with Gasteiger partial charge in [-0.05, 0) is 52.4 Å². The Morgan fingerprint density at radius 1 is 0.944 bits per heavy atom. The molecule has 1 aliphatic heterocycles. The Bertz CT molecular complexity index is 298. The number of hydrogen-bond donors (Lipinski definition) is 0. The van der Waals surface area contributed by atoms with Crippen LogP contribution in [0.15, 0.2) is 12.1 Å². The summed E-state index contributed by atoms with van der Waals surface area (Å²) in [5.41, 5.74) is -0.438. The second kappa shape index (κ2) is 5.01. The molecule has 0 N–H and O–H groups in total. The smallest absolute Gasteiger partial charge is 0.400 e. The predicted molar refractivity (Wildman–Crippen MR) is 76.3 cm³/mol. The summed E-state index contributed by atoms with van der Waals surface area (Å²) in [6.45, 7) is 10.8. The minimum atomic E-state index is -0.219. The molecule has 0 spiro atoms. The average molecular weight is 250 g/mol. The van der Waals surface area contributed by atoms with Crippen molar-refractivity contribution in [3.05, 3.63) is 12.1 Å². The van der Waals surface area contributed by atoms with Crippen LogP contribution < -0.4 is 0 Å². The van der Waals surface area contributed by atoms with Gasteiger partial charge in [-0.25, -0.2) is 0 Å². The molecule has 1 saturated carbocycles. The Balaban J connectivity index is 1.88. The van der Waals surface area contributed by atoms with E-state index in [1.165, 1.54) is 25.7 Å². The highest BCUT2D eigenvalue weighted by atomic mass is 16.7. The van der Waals surface area contributed by atoms with E-state index in [0.29, 0.717) is 0 Å². The molecule has 2 rings (SSSR count). The highest BCUT2D eigenvalue weighted by Gasteiger charge is 2.50. The van der Waals surface area contributed by atoms with Crippen molar-refractivity contribution in [2.24, 2.45) is 11.8 Å².